The summed E-state index contributed by atoms with van der Waals surface area (Å²) in [4.78, 5) is 18.3. The number of aliphatic hydroxyl groups is 3. The number of nitro groups is 1. The van der Waals surface area contributed by atoms with Crippen LogP contribution in [0.3, 0.4) is 0 Å². The second-order valence-corrected chi connectivity index (χ2v) is 5.52. The zero-order chi connectivity index (χ0) is 16.9. The van der Waals surface area contributed by atoms with Crippen molar-refractivity contribution in [1.29, 1.82) is 0 Å². The number of fused-ring (bicyclic) bond motifs is 1. The summed E-state index contributed by atoms with van der Waals surface area (Å²) in [7, 11) is 0. The Hall–Kier alpha value is -2.34. The van der Waals surface area contributed by atoms with Crippen molar-refractivity contribution in [3.8, 4) is 0 Å². The van der Waals surface area contributed by atoms with Gasteiger partial charge in [0.05, 0.1) is 17.7 Å². The third-order valence-corrected chi connectivity index (χ3v) is 4.00. The van der Waals surface area contributed by atoms with Gasteiger partial charge in [-0.25, -0.2) is 9.97 Å². The van der Waals surface area contributed by atoms with Gasteiger partial charge in [-0.2, -0.15) is 0 Å². The van der Waals surface area contributed by atoms with Crippen LogP contribution in [0.1, 0.15) is 13.2 Å². The van der Waals surface area contributed by atoms with Crippen LogP contribution in [0.5, 0.6) is 0 Å². The SMILES string of the molecule is C[C@]1(O)[C@H](O)[C@@H](CO)O[C@H]1n1cc([N+](=O)[O-])c2c(N)ncnc21. The predicted molar refractivity (Wildman–Crippen MR) is 76.2 cm³/mol. The van der Waals surface area contributed by atoms with E-state index in [2.05, 4.69) is 9.97 Å². The highest BCUT2D eigenvalue weighted by molar-refractivity contribution is 5.95. The van der Waals surface area contributed by atoms with Gasteiger partial charge in [0.15, 0.2) is 11.9 Å². The Morgan fingerprint density at radius 2 is 2.26 bits per heavy atom. The number of ether oxygens (including phenoxy) is 1. The predicted octanol–water partition coefficient (Wildman–Crippen LogP) is -1.08. The number of anilines is 1. The number of nitrogens with zero attached hydrogens (tertiary/aromatic N) is 4. The van der Waals surface area contributed by atoms with E-state index >= 15 is 0 Å². The minimum atomic E-state index is -1.80. The summed E-state index contributed by atoms with van der Waals surface area (Å²) < 4.78 is 6.67. The van der Waals surface area contributed by atoms with Crippen LogP contribution in [0.4, 0.5) is 11.5 Å². The molecule has 0 amide bonds. The van der Waals surface area contributed by atoms with Crippen LogP contribution in [0.15, 0.2) is 12.5 Å². The molecular weight excluding hydrogens is 310 g/mol. The van der Waals surface area contributed by atoms with E-state index in [0.29, 0.717) is 0 Å². The fraction of sp³-hybridized carbons (Fsp3) is 0.500. The normalized spacial score (nSPS) is 30.9. The van der Waals surface area contributed by atoms with E-state index in [1.807, 2.05) is 0 Å². The molecule has 0 aromatic carbocycles. The van der Waals surface area contributed by atoms with Gasteiger partial charge in [0, 0.05) is 0 Å². The maximum absolute atomic E-state index is 11.2. The van der Waals surface area contributed by atoms with Crippen molar-refractivity contribution in [3.05, 3.63) is 22.6 Å². The van der Waals surface area contributed by atoms with Gasteiger partial charge in [0.2, 0.25) is 0 Å². The average Bonchev–Trinajstić information content (AvgIpc) is 2.97. The van der Waals surface area contributed by atoms with Crippen LogP contribution in [0.2, 0.25) is 0 Å². The molecule has 0 aliphatic carbocycles. The second kappa shape index (κ2) is 5.09. The highest BCUT2D eigenvalue weighted by Gasteiger charge is 2.53. The molecule has 4 atom stereocenters. The minimum absolute atomic E-state index is 0.0128. The lowest BCUT2D eigenvalue weighted by molar-refractivity contribution is -0.383. The highest BCUT2D eigenvalue weighted by atomic mass is 16.6. The Morgan fingerprint density at radius 1 is 1.57 bits per heavy atom. The van der Waals surface area contributed by atoms with E-state index in [-0.39, 0.29) is 22.5 Å². The molecule has 3 rings (SSSR count). The van der Waals surface area contributed by atoms with E-state index in [1.165, 1.54) is 11.5 Å². The molecule has 0 unspecified atom stereocenters. The van der Waals surface area contributed by atoms with Gasteiger partial charge in [-0.15, -0.1) is 0 Å². The third kappa shape index (κ3) is 2.13. The lowest BCUT2D eigenvalue weighted by atomic mass is 9.96. The van der Waals surface area contributed by atoms with Gasteiger partial charge < -0.3 is 25.8 Å². The molecule has 0 radical (unpaired) electrons. The molecule has 2 aromatic rings. The number of hydrogen-bond donors (Lipinski definition) is 4. The second-order valence-electron chi connectivity index (χ2n) is 5.52. The number of hydrogen-bond acceptors (Lipinski definition) is 9. The van der Waals surface area contributed by atoms with Crippen molar-refractivity contribution in [1.82, 2.24) is 14.5 Å². The van der Waals surface area contributed by atoms with Gasteiger partial charge in [0.1, 0.15) is 35.3 Å². The molecule has 0 bridgehead atoms. The summed E-state index contributed by atoms with van der Waals surface area (Å²) >= 11 is 0. The van der Waals surface area contributed by atoms with Crippen molar-refractivity contribution in [2.45, 2.75) is 31.0 Å². The third-order valence-electron chi connectivity index (χ3n) is 4.00. The first-order chi connectivity index (χ1) is 10.8. The summed E-state index contributed by atoms with van der Waals surface area (Å²) in [5.74, 6) is -0.0858. The number of nitrogen functional groups attached to an aromatic ring is 1. The average molecular weight is 325 g/mol. The molecule has 23 heavy (non-hydrogen) atoms. The summed E-state index contributed by atoms with van der Waals surface area (Å²) in [6.45, 7) is 0.784. The Morgan fingerprint density at radius 3 is 2.83 bits per heavy atom. The topological polar surface area (TPSA) is 170 Å². The van der Waals surface area contributed by atoms with Crippen LogP contribution in [0, 0.1) is 10.1 Å². The van der Waals surface area contributed by atoms with E-state index in [1.54, 1.807) is 0 Å². The highest BCUT2D eigenvalue weighted by Crippen LogP contribution is 2.42. The molecular formula is C12H15N5O6. The summed E-state index contributed by atoms with van der Waals surface area (Å²) in [6, 6.07) is 0. The first kappa shape index (κ1) is 15.6. The molecule has 2 aromatic heterocycles. The van der Waals surface area contributed by atoms with E-state index in [4.69, 9.17) is 10.5 Å². The molecule has 5 N–H and O–H groups in total. The summed E-state index contributed by atoms with van der Waals surface area (Å²) in [5.41, 5.74) is 3.63. The Bertz CT molecular complexity index is 775. The monoisotopic (exact) mass is 325 g/mol. The largest absolute Gasteiger partial charge is 0.394 e. The molecule has 1 aliphatic heterocycles. The first-order valence-electron chi connectivity index (χ1n) is 6.71. The van der Waals surface area contributed by atoms with E-state index < -0.39 is 35.6 Å². The molecule has 0 saturated carbocycles. The number of aromatic nitrogens is 3. The molecule has 3 heterocycles. The van der Waals surface area contributed by atoms with Gasteiger partial charge in [-0.05, 0) is 6.92 Å². The van der Waals surface area contributed by atoms with Crippen LogP contribution >= 0.6 is 0 Å². The molecule has 11 heteroatoms. The van der Waals surface area contributed by atoms with Crippen LogP contribution in [-0.4, -0.2) is 59.2 Å². The fourth-order valence-electron chi connectivity index (χ4n) is 2.80. The molecule has 124 valence electrons. The van der Waals surface area contributed by atoms with Gasteiger partial charge >= 0.3 is 0 Å². The minimum Gasteiger partial charge on any atom is -0.394 e. The number of aliphatic hydroxyl groups excluding tert-OH is 2. The molecule has 0 spiro atoms. The lowest BCUT2D eigenvalue weighted by Gasteiger charge is -2.27. The zero-order valence-electron chi connectivity index (χ0n) is 12.0. The Balaban J connectivity index is 2.21. The van der Waals surface area contributed by atoms with E-state index in [9.17, 15) is 25.4 Å². The van der Waals surface area contributed by atoms with Crippen molar-refractivity contribution in [2.75, 3.05) is 12.3 Å². The van der Waals surface area contributed by atoms with Crippen LogP contribution in [-0.2, 0) is 4.74 Å². The van der Waals surface area contributed by atoms with Crippen LogP contribution in [0.25, 0.3) is 11.0 Å². The molecule has 1 saturated heterocycles. The van der Waals surface area contributed by atoms with Crippen molar-refractivity contribution in [2.24, 2.45) is 0 Å². The first-order valence-corrected chi connectivity index (χ1v) is 6.71. The fourth-order valence-corrected chi connectivity index (χ4v) is 2.80. The Kier molecular flexibility index (Phi) is 3.44. The molecule has 1 fully saturated rings. The van der Waals surface area contributed by atoms with Crippen LogP contribution < -0.4 is 5.73 Å². The zero-order valence-corrected chi connectivity index (χ0v) is 12.0. The number of nitrogens with two attached hydrogens (primary N) is 1. The quantitative estimate of drug-likeness (QED) is 0.405. The van der Waals surface area contributed by atoms with Crippen molar-refractivity contribution >= 4 is 22.5 Å². The lowest BCUT2D eigenvalue weighted by Crippen LogP contribution is -2.44. The van der Waals surface area contributed by atoms with Crippen molar-refractivity contribution in [3.63, 3.8) is 0 Å². The molecule has 1 aliphatic rings. The molecule has 11 nitrogen and oxygen atoms in total. The standard InChI is InChI=1S/C12H15N5O6/c1-12(20)8(19)6(3-18)23-11(12)16-2-5(17(21)22)7-9(13)14-4-15-10(7)16/h2,4,6,8,11,18-20H,3H2,1H3,(H2,13,14,15)/t6-,8-,11-,12+/m1/s1. The summed E-state index contributed by atoms with van der Waals surface area (Å²) in [5, 5.41) is 41.0. The van der Waals surface area contributed by atoms with Gasteiger partial charge in [0.25, 0.3) is 5.69 Å². The maximum Gasteiger partial charge on any atom is 0.300 e. The smallest absolute Gasteiger partial charge is 0.300 e. The van der Waals surface area contributed by atoms with Gasteiger partial charge in [-0.1, -0.05) is 0 Å². The summed E-state index contributed by atoms with van der Waals surface area (Å²) in [6.07, 6.45) is -1.37. The van der Waals surface area contributed by atoms with E-state index in [0.717, 1.165) is 12.5 Å². The number of rotatable bonds is 3. The van der Waals surface area contributed by atoms with Crippen molar-refractivity contribution < 1.29 is 25.0 Å². The Labute approximate surface area is 129 Å². The van der Waals surface area contributed by atoms with Gasteiger partial charge in [-0.3, -0.25) is 14.7 Å². The maximum atomic E-state index is 11.2.